The number of nitrogens with one attached hydrogen (secondary N) is 1. The van der Waals surface area contributed by atoms with Crippen molar-refractivity contribution in [3.05, 3.63) is 35.9 Å². The van der Waals surface area contributed by atoms with Crippen LogP contribution in [-0.4, -0.2) is 37.6 Å². The summed E-state index contributed by atoms with van der Waals surface area (Å²) < 4.78 is 0. The van der Waals surface area contributed by atoms with Gasteiger partial charge in [0.05, 0.1) is 12.0 Å². The molecule has 1 atom stereocenters. The molecular formula is C17H25N3. The van der Waals surface area contributed by atoms with E-state index in [0.29, 0.717) is 0 Å². The fraction of sp³-hybridized carbons (Fsp3) is 0.588. The fourth-order valence-corrected chi connectivity index (χ4v) is 2.95. The second-order valence-electron chi connectivity index (χ2n) is 5.72. The normalized spacial score (nSPS) is 17.2. The van der Waals surface area contributed by atoms with E-state index in [9.17, 15) is 5.26 Å². The van der Waals surface area contributed by atoms with Gasteiger partial charge in [-0.2, -0.15) is 5.26 Å². The molecule has 3 heteroatoms. The van der Waals surface area contributed by atoms with Crippen LogP contribution in [0.1, 0.15) is 37.2 Å². The summed E-state index contributed by atoms with van der Waals surface area (Å²) in [6.45, 7) is 2.76. The van der Waals surface area contributed by atoms with Gasteiger partial charge in [-0.25, -0.2) is 0 Å². The van der Waals surface area contributed by atoms with E-state index in [0.717, 1.165) is 31.2 Å². The molecule has 0 spiro atoms. The Labute approximate surface area is 122 Å². The molecule has 0 heterocycles. The van der Waals surface area contributed by atoms with Crippen LogP contribution in [-0.2, 0) is 0 Å². The van der Waals surface area contributed by atoms with Crippen molar-refractivity contribution in [2.45, 2.75) is 37.6 Å². The number of benzene rings is 1. The van der Waals surface area contributed by atoms with Crippen LogP contribution in [0.15, 0.2) is 30.3 Å². The number of hydrogen-bond donors (Lipinski definition) is 1. The minimum Gasteiger partial charge on any atom is -0.314 e. The molecule has 1 unspecified atom stereocenters. The highest BCUT2D eigenvalue weighted by Crippen LogP contribution is 2.21. The monoisotopic (exact) mass is 271 g/mol. The van der Waals surface area contributed by atoms with Gasteiger partial charge in [0.25, 0.3) is 0 Å². The number of likely N-dealkylation sites (N-methyl/N-ethyl adjacent to an activating group) is 1. The molecule has 1 aliphatic carbocycles. The molecule has 0 aliphatic heterocycles. The van der Waals surface area contributed by atoms with Gasteiger partial charge in [0.15, 0.2) is 0 Å². The van der Waals surface area contributed by atoms with Crippen LogP contribution in [0.25, 0.3) is 0 Å². The lowest BCUT2D eigenvalue weighted by atomic mass is 10.0. The molecule has 0 aromatic heterocycles. The molecule has 0 radical (unpaired) electrons. The first-order chi connectivity index (χ1) is 9.81. The quantitative estimate of drug-likeness (QED) is 0.775. The van der Waals surface area contributed by atoms with Gasteiger partial charge in [0, 0.05) is 25.7 Å². The number of nitrogens with zero attached hydrogens (tertiary/aromatic N) is 2. The van der Waals surface area contributed by atoms with Crippen molar-refractivity contribution in [2.24, 2.45) is 0 Å². The second kappa shape index (κ2) is 8.04. The summed E-state index contributed by atoms with van der Waals surface area (Å²) in [5, 5.41) is 12.7. The van der Waals surface area contributed by atoms with Crippen molar-refractivity contribution < 1.29 is 0 Å². The van der Waals surface area contributed by atoms with E-state index < -0.39 is 0 Å². The minimum absolute atomic E-state index is 0.0482. The van der Waals surface area contributed by atoms with Crippen LogP contribution >= 0.6 is 0 Å². The van der Waals surface area contributed by atoms with Crippen molar-refractivity contribution in [3.63, 3.8) is 0 Å². The maximum absolute atomic E-state index is 9.26. The molecule has 0 bridgehead atoms. The van der Waals surface area contributed by atoms with Gasteiger partial charge < -0.3 is 10.2 Å². The van der Waals surface area contributed by atoms with Crippen molar-refractivity contribution in [2.75, 3.05) is 26.7 Å². The summed E-state index contributed by atoms with van der Waals surface area (Å²) in [6, 6.07) is 13.2. The predicted octanol–water partition coefficient (Wildman–Crippen LogP) is 2.76. The minimum atomic E-state index is -0.0482. The lowest BCUT2D eigenvalue weighted by Crippen LogP contribution is -2.36. The highest BCUT2D eigenvalue weighted by Gasteiger charge is 2.18. The first-order valence-electron chi connectivity index (χ1n) is 7.67. The Kier molecular flexibility index (Phi) is 6.04. The molecule has 2 rings (SSSR count). The topological polar surface area (TPSA) is 39.1 Å². The molecule has 108 valence electrons. The van der Waals surface area contributed by atoms with Gasteiger partial charge in [0.1, 0.15) is 0 Å². The molecular weight excluding hydrogens is 246 g/mol. The predicted molar refractivity (Wildman–Crippen MR) is 82.6 cm³/mol. The maximum Gasteiger partial charge on any atom is 0.0837 e. The Morgan fingerprint density at radius 1 is 1.30 bits per heavy atom. The van der Waals surface area contributed by atoms with Crippen molar-refractivity contribution in [1.29, 1.82) is 5.26 Å². The number of rotatable bonds is 7. The molecule has 3 nitrogen and oxygen atoms in total. The lowest BCUT2D eigenvalue weighted by Gasteiger charge is -2.24. The third-order valence-corrected chi connectivity index (χ3v) is 4.30. The summed E-state index contributed by atoms with van der Waals surface area (Å²) in [6.07, 6.45) is 5.46. The number of hydrogen-bond acceptors (Lipinski definition) is 3. The molecule has 20 heavy (non-hydrogen) atoms. The van der Waals surface area contributed by atoms with Crippen LogP contribution in [0.4, 0.5) is 0 Å². The van der Waals surface area contributed by atoms with E-state index in [1.165, 1.54) is 25.7 Å². The lowest BCUT2D eigenvalue weighted by molar-refractivity contribution is 0.245. The van der Waals surface area contributed by atoms with E-state index in [2.05, 4.69) is 23.3 Å². The fourth-order valence-electron chi connectivity index (χ4n) is 2.95. The van der Waals surface area contributed by atoms with Crippen LogP contribution in [0, 0.1) is 11.3 Å². The van der Waals surface area contributed by atoms with E-state index in [4.69, 9.17) is 0 Å². The summed E-state index contributed by atoms with van der Waals surface area (Å²) >= 11 is 0. The zero-order valence-corrected chi connectivity index (χ0v) is 12.4. The third-order valence-electron chi connectivity index (χ3n) is 4.30. The molecule has 1 fully saturated rings. The molecule has 1 N–H and O–H groups in total. The highest BCUT2D eigenvalue weighted by molar-refractivity contribution is 5.24. The summed E-state index contributed by atoms with van der Waals surface area (Å²) in [4.78, 5) is 2.46. The summed E-state index contributed by atoms with van der Waals surface area (Å²) in [7, 11) is 2.22. The highest BCUT2D eigenvalue weighted by atomic mass is 15.1. The average Bonchev–Trinajstić information content (AvgIpc) is 3.02. The van der Waals surface area contributed by atoms with Crippen molar-refractivity contribution >= 4 is 0 Å². The van der Waals surface area contributed by atoms with Crippen LogP contribution in [0.3, 0.4) is 0 Å². The standard InChI is InChI=1S/C17H25N3/c1-20(17-9-5-6-10-17)12-11-19-14-16(13-18)15-7-3-2-4-8-15/h2-4,7-8,16-17,19H,5-6,9-12,14H2,1H3. The van der Waals surface area contributed by atoms with Gasteiger partial charge in [-0.3, -0.25) is 0 Å². The van der Waals surface area contributed by atoms with Crippen molar-refractivity contribution in [3.8, 4) is 6.07 Å². The third kappa shape index (κ3) is 4.33. The molecule has 1 aromatic carbocycles. The zero-order chi connectivity index (χ0) is 14.2. The Balaban J connectivity index is 1.68. The SMILES string of the molecule is CN(CCNCC(C#N)c1ccccc1)C1CCCC1. The Bertz CT molecular complexity index is 418. The summed E-state index contributed by atoms with van der Waals surface area (Å²) in [5.74, 6) is -0.0482. The smallest absolute Gasteiger partial charge is 0.0837 e. The van der Waals surface area contributed by atoms with Gasteiger partial charge in [-0.15, -0.1) is 0 Å². The average molecular weight is 271 g/mol. The van der Waals surface area contributed by atoms with Crippen LogP contribution < -0.4 is 5.32 Å². The molecule has 1 aromatic rings. The van der Waals surface area contributed by atoms with E-state index in [1.807, 2.05) is 30.3 Å². The number of nitriles is 1. The van der Waals surface area contributed by atoms with Gasteiger partial charge in [0.2, 0.25) is 0 Å². The van der Waals surface area contributed by atoms with Crippen LogP contribution in [0.5, 0.6) is 0 Å². The summed E-state index contributed by atoms with van der Waals surface area (Å²) in [5.41, 5.74) is 1.10. The Morgan fingerprint density at radius 3 is 2.65 bits per heavy atom. The van der Waals surface area contributed by atoms with E-state index >= 15 is 0 Å². The molecule has 0 saturated heterocycles. The second-order valence-corrected chi connectivity index (χ2v) is 5.72. The first kappa shape index (κ1) is 15.0. The first-order valence-corrected chi connectivity index (χ1v) is 7.67. The van der Waals surface area contributed by atoms with Gasteiger partial charge in [-0.05, 0) is 25.5 Å². The molecule has 1 aliphatic rings. The molecule has 1 saturated carbocycles. The van der Waals surface area contributed by atoms with Crippen LogP contribution in [0.2, 0.25) is 0 Å². The Morgan fingerprint density at radius 2 is 2.00 bits per heavy atom. The molecule has 0 amide bonds. The van der Waals surface area contributed by atoms with Gasteiger partial charge in [-0.1, -0.05) is 43.2 Å². The van der Waals surface area contributed by atoms with Gasteiger partial charge >= 0.3 is 0 Å². The van der Waals surface area contributed by atoms with E-state index in [1.54, 1.807) is 0 Å². The van der Waals surface area contributed by atoms with Crippen molar-refractivity contribution in [1.82, 2.24) is 10.2 Å². The zero-order valence-electron chi connectivity index (χ0n) is 12.4. The maximum atomic E-state index is 9.26. The Hall–Kier alpha value is -1.37. The van der Waals surface area contributed by atoms with E-state index in [-0.39, 0.29) is 5.92 Å². The largest absolute Gasteiger partial charge is 0.314 e.